The van der Waals surface area contributed by atoms with Gasteiger partial charge >= 0.3 is 5.97 Å². The van der Waals surface area contributed by atoms with Gasteiger partial charge in [-0.3, -0.25) is 9.69 Å². The summed E-state index contributed by atoms with van der Waals surface area (Å²) >= 11 is 4.78. The summed E-state index contributed by atoms with van der Waals surface area (Å²) < 4.78 is 22.2. The summed E-state index contributed by atoms with van der Waals surface area (Å²) in [6, 6.07) is 12.8. The number of carboxylic acids is 1. The van der Waals surface area contributed by atoms with Crippen LogP contribution in [-0.2, 0) is 17.6 Å². The van der Waals surface area contributed by atoms with Crippen LogP contribution in [0.3, 0.4) is 0 Å². The number of nitrogens with zero attached hydrogens (tertiary/aromatic N) is 7. The van der Waals surface area contributed by atoms with Crippen LogP contribution in [-0.4, -0.2) is 97.3 Å². The third kappa shape index (κ3) is 13.4. The van der Waals surface area contributed by atoms with Crippen molar-refractivity contribution in [3.8, 4) is 17.6 Å². The molecule has 16 heteroatoms. The Morgan fingerprint density at radius 2 is 1.65 bits per heavy atom. The van der Waals surface area contributed by atoms with Gasteiger partial charge in [-0.05, 0) is 105 Å². The molecule has 0 atom stereocenters. The number of carboxylic acid groups (broad SMARTS) is 1. The fourth-order valence-electron chi connectivity index (χ4n) is 8.07. The molecule has 334 valence electrons. The fraction of sp³-hybridized carbons (Fsp3) is 0.489. The lowest BCUT2D eigenvalue weighted by molar-refractivity contribution is -0.109. The summed E-state index contributed by atoms with van der Waals surface area (Å²) in [5.74, 6) is 6.26. The van der Waals surface area contributed by atoms with Crippen molar-refractivity contribution in [1.82, 2.24) is 30.0 Å². The number of aromatic nitrogens is 4. The molecule has 0 aliphatic carbocycles. The number of anilines is 4. The molecule has 0 amide bonds. The molecule has 0 bridgehead atoms. The van der Waals surface area contributed by atoms with Gasteiger partial charge in [0.2, 0.25) is 0 Å². The van der Waals surface area contributed by atoms with Crippen LogP contribution in [0.5, 0.6) is 5.75 Å². The molecule has 1 fully saturated rings. The van der Waals surface area contributed by atoms with Crippen molar-refractivity contribution in [3.63, 3.8) is 0 Å². The molecule has 2 aliphatic heterocycles. The SMILES string of the molecule is Cc1c(Nc2nc3ccccc3s2)nnc2c1CCCN2c1nc(C(=O)O)c(CCCOc2ccc(C#CCN3CCN(CCCCCCCCCCCC(=O)I)CC3)cc2F)s1. The quantitative estimate of drug-likeness (QED) is 0.0296. The van der Waals surface area contributed by atoms with Crippen LogP contribution in [0.25, 0.3) is 10.2 Å². The average molecular weight is 1010 g/mol. The number of ether oxygens (including phenoxy) is 1. The van der Waals surface area contributed by atoms with Gasteiger partial charge in [-0.2, -0.15) is 0 Å². The Labute approximate surface area is 391 Å². The molecule has 0 unspecified atom stereocenters. The summed E-state index contributed by atoms with van der Waals surface area (Å²) in [6.45, 7) is 8.77. The summed E-state index contributed by atoms with van der Waals surface area (Å²) in [7, 11) is 0. The van der Waals surface area contributed by atoms with Gasteiger partial charge < -0.3 is 25.0 Å². The minimum absolute atomic E-state index is 0.0137. The van der Waals surface area contributed by atoms with Gasteiger partial charge in [0, 0.05) is 60.7 Å². The number of carbonyl (C=O) groups excluding carboxylic acids is 1. The number of hydrogen-bond donors (Lipinski definition) is 2. The molecular formula is C47H56FIN8O4S2. The predicted molar refractivity (Wildman–Crippen MR) is 259 cm³/mol. The zero-order valence-electron chi connectivity index (χ0n) is 36.0. The van der Waals surface area contributed by atoms with E-state index in [1.807, 2.05) is 58.7 Å². The second-order valence-corrected chi connectivity index (χ2v) is 19.5. The number of rotatable bonds is 22. The molecule has 1 saturated heterocycles. The average Bonchev–Trinajstić information content (AvgIpc) is 3.90. The molecule has 2 aliphatic rings. The van der Waals surface area contributed by atoms with Gasteiger partial charge in [-0.15, -0.1) is 21.5 Å². The van der Waals surface area contributed by atoms with Crippen LogP contribution in [0.15, 0.2) is 42.5 Å². The van der Waals surface area contributed by atoms with Crippen LogP contribution in [0, 0.1) is 24.6 Å². The third-order valence-corrected chi connectivity index (χ3v) is 14.2. The Morgan fingerprint density at radius 3 is 2.40 bits per heavy atom. The Hall–Kier alpha value is -4.28. The highest BCUT2D eigenvalue weighted by atomic mass is 127. The molecule has 63 heavy (non-hydrogen) atoms. The predicted octanol–water partition coefficient (Wildman–Crippen LogP) is 10.4. The van der Waals surface area contributed by atoms with E-state index >= 15 is 4.39 Å². The number of hydrogen-bond acceptors (Lipinski definition) is 13. The highest BCUT2D eigenvalue weighted by Gasteiger charge is 2.28. The summed E-state index contributed by atoms with van der Waals surface area (Å²) in [5, 5.41) is 23.8. The van der Waals surface area contributed by atoms with Crippen molar-refractivity contribution >= 4 is 87.1 Å². The molecule has 3 aromatic heterocycles. The number of aromatic carboxylic acids is 1. The Morgan fingerprint density at radius 1 is 0.905 bits per heavy atom. The number of piperazine rings is 1. The molecular weight excluding hydrogens is 951 g/mol. The lowest BCUT2D eigenvalue weighted by Gasteiger charge is -2.33. The van der Waals surface area contributed by atoms with Gasteiger partial charge in [0.05, 0.1) is 23.4 Å². The molecule has 0 spiro atoms. The van der Waals surface area contributed by atoms with Gasteiger partial charge in [0.25, 0.3) is 0 Å². The maximum atomic E-state index is 15.1. The molecule has 7 rings (SSSR count). The van der Waals surface area contributed by atoms with Crippen LogP contribution in [0.1, 0.15) is 109 Å². The lowest BCUT2D eigenvalue weighted by Crippen LogP contribution is -2.46. The van der Waals surface area contributed by atoms with Crippen LogP contribution in [0.4, 0.5) is 26.3 Å². The topological polar surface area (TPSA) is 137 Å². The first-order valence-electron chi connectivity index (χ1n) is 22.3. The zero-order valence-corrected chi connectivity index (χ0v) is 39.8. The molecule has 5 aromatic rings. The minimum atomic E-state index is -1.09. The van der Waals surface area contributed by atoms with E-state index in [2.05, 4.69) is 47.1 Å². The van der Waals surface area contributed by atoms with E-state index in [0.29, 0.717) is 53.1 Å². The second kappa shape index (κ2) is 23.6. The number of halogens is 2. The van der Waals surface area contributed by atoms with Crippen LogP contribution in [0.2, 0.25) is 0 Å². The first kappa shape index (κ1) is 46.7. The van der Waals surface area contributed by atoms with Gasteiger partial charge in [-0.1, -0.05) is 80.3 Å². The molecule has 12 nitrogen and oxygen atoms in total. The number of aryl methyl sites for hydroxylation is 1. The van der Waals surface area contributed by atoms with Crippen LogP contribution >= 0.6 is 45.3 Å². The van der Waals surface area contributed by atoms with E-state index in [4.69, 9.17) is 4.74 Å². The van der Waals surface area contributed by atoms with Crippen molar-refractivity contribution in [2.24, 2.45) is 0 Å². The van der Waals surface area contributed by atoms with Crippen molar-refractivity contribution in [3.05, 3.63) is 75.5 Å². The summed E-state index contributed by atoms with van der Waals surface area (Å²) in [4.78, 5) is 40.1. The molecule has 5 heterocycles. The molecule has 0 saturated carbocycles. The number of unbranched alkanes of at least 4 members (excludes halogenated alkanes) is 8. The normalized spacial score (nSPS) is 14.4. The largest absolute Gasteiger partial charge is 0.491 e. The Balaban J connectivity index is 0.821. The monoisotopic (exact) mass is 1010 g/mol. The molecule has 0 radical (unpaired) electrons. The van der Waals surface area contributed by atoms with Crippen molar-refractivity contribution in [2.45, 2.75) is 96.8 Å². The maximum absolute atomic E-state index is 15.1. The van der Waals surface area contributed by atoms with E-state index < -0.39 is 11.8 Å². The van der Waals surface area contributed by atoms with Gasteiger partial charge in [0.1, 0.15) is 0 Å². The van der Waals surface area contributed by atoms with Crippen LogP contribution < -0.4 is 15.0 Å². The third-order valence-electron chi connectivity index (χ3n) is 11.6. The zero-order chi connectivity index (χ0) is 44.0. The van der Waals surface area contributed by atoms with Gasteiger partial charge in [0.15, 0.2) is 42.9 Å². The van der Waals surface area contributed by atoms with E-state index in [1.165, 1.54) is 68.8 Å². The number of benzene rings is 2. The molecule has 2 N–H and O–H groups in total. The maximum Gasteiger partial charge on any atom is 0.355 e. The van der Waals surface area contributed by atoms with E-state index in [0.717, 1.165) is 84.9 Å². The fourth-order valence-corrected chi connectivity index (χ4v) is 10.4. The summed E-state index contributed by atoms with van der Waals surface area (Å²) in [5.41, 5.74) is 3.56. The first-order valence-corrected chi connectivity index (χ1v) is 25.0. The Bertz CT molecular complexity index is 2360. The van der Waals surface area contributed by atoms with E-state index in [-0.39, 0.29) is 21.8 Å². The number of para-hydroxylation sites is 1. The van der Waals surface area contributed by atoms with E-state index in [1.54, 1.807) is 23.5 Å². The standard InChI is InChI=1S/C47H56FIN8O4S2/c1-33-35-17-14-26-57(44(35)54-53-43(33)52-46-50-37-18-10-11-19-39(37)62-46)47-51-42(45(59)60)40(63-47)20-15-31-61-38-23-22-34(32-36(38)48)16-13-25-56-29-27-55(28-30-56)24-12-8-6-4-2-3-5-7-9-21-41(49)58/h10-11,18-19,22-23,32H,2-9,12,14-15,17,20-21,24-31H2,1H3,(H,59,60)(H,50,52,53). The first-order chi connectivity index (χ1) is 30.7. The summed E-state index contributed by atoms with van der Waals surface area (Å²) in [6.07, 6.45) is 14.5. The molecule has 2 aromatic carbocycles. The highest BCUT2D eigenvalue weighted by molar-refractivity contribution is 14.1. The highest BCUT2D eigenvalue weighted by Crippen LogP contribution is 2.39. The van der Waals surface area contributed by atoms with Crippen molar-refractivity contribution in [1.29, 1.82) is 0 Å². The van der Waals surface area contributed by atoms with Crippen molar-refractivity contribution in [2.75, 3.05) is 62.6 Å². The lowest BCUT2D eigenvalue weighted by atomic mass is 10.0. The number of nitrogens with one attached hydrogen (secondary N) is 1. The van der Waals surface area contributed by atoms with Gasteiger partial charge in [-0.25, -0.2) is 19.2 Å². The number of fused-ring (bicyclic) bond motifs is 2. The Kier molecular flexibility index (Phi) is 17.5. The van der Waals surface area contributed by atoms with E-state index in [9.17, 15) is 14.7 Å². The smallest absolute Gasteiger partial charge is 0.355 e. The number of thiazole rings is 2. The second-order valence-electron chi connectivity index (χ2n) is 16.2. The van der Waals surface area contributed by atoms with Crippen molar-refractivity contribution < 1.29 is 23.8 Å². The minimum Gasteiger partial charge on any atom is -0.491 e. The number of carbonyl (C=O) groups is 2.